The van der Waals surface area contributed by atoms with E-state index in [2.05, 4.69) is 14.7 Å². The average Bonchev–Trinajstić information content (AvgIpc) is 3.41. The van der Waals surface area contributed by atoms with Gasteiger partial charge in [-0.3, -0.25) is 0 Å². The van der Waals surface area contributed by atoms with Gasteiger partial charge >= 0.3 is 5.97 Å². The van der Waals surface area contributed by atoms with Crippen LogP contribution in [0, 0.1) is 5.92 Å². The molecule has 0 saturated heterocycles. The Morgan fingerprint density at radius 3 is 2.55 bits per heavy atom. The topological polar surface area (TPSA) is 90.8 Å². The third-order valence-corrected chi connectivity index (χ3v) is 6.29. The number of hydrogen-bond acceptors (Lipinski definition) is 9. The van der Waals surface area contributed by atoms with Gasteiger partial charge in [-0.2, -0.15) is 0 Å². The minimum absolute atomic E-state index is 0.0186. The fourth-order valence-corrected chi connectivity index (χ4v) is 4.20. The van der Waals surface area contributed by atoms with Crippen molar-refractivity contribution in [3.63, 3.8) is 0 Å². The van der Waals surface area contributed by atoms with Crippen molar-refractivity contribution in [2.24, 2.45) is 5.92 Å². The molecule has 29 heavy (non-hydrogen) atoms. The number of thiazole rings is 2. The molecule has 0 fully saturated rings. The van der Waals surface area contributed by atoms with Gasteiger partial charge in [-0.15, -0.1) is 22.7 Å². The fourth-order valence-electron chi connectivity index (χ4n) is 2.53. The van der Waals surface area contributed by atoms with E-state index in [0.717, 1.165) is 21.4 Å². The van der Waals surface area contributed by atoms with Crippen molar-refractivity contribution in [3.8, 4) is 10.7 Å². The van der Waals surface area contributed by atoms with Gasteiger partial charge in [0, 0.05) is 29.7 Å². The van der Waals surface area contributed by atoms with E-state index in [1.54, 1.807) is 7.11 Å². The van der Waals surface area contributed by atoms with Crippen LogP contribution in [-0.2, 0) is 19.0 Å². The fraction of sp³-hybridized carbons (Fsp3) is 0.450. The van der Waals surface area contributed by atoms with Gasteiger partial charge in [0.15, 0.2) is 0 Å². The summed E-state index contributed by atoms with van der Waals surface area (Å²) in [5.41, 5.74) is 1.61. The minimum atomic E-state index is -0.477. The number of esters is 1. The second-order valence-electron chi connectivity index (χ2n) is 6.35. The molecule has 0 saturated carbocycles. The lowest BCUT2D eigenvalue weighted by Gasteiger charge is -2.21. The number of nitrogens with zero attached hydrogens (tertiary/aromatic N) is 2. The van der Waals surface area contributed by atoms with Crippen LogP contribution < -0.4 is 0 Å². The van der Waals surface area contributed by atoms with Gasteiger partial charge in [-0.1, -0.05) is 19.9 Å². The Bertz CT molecular complexity index is 859. The highest BCUT2D eigenvalue weighted by Crippen LogP contribution is 2.29. The van der Waals surface area contributed by atoms with Crippen LogP contribution in [0.2, 0.25) is 0 Å². The number of aliphatic hydroxyl groups excluding tert-OH is 1. The van der Waals surface area contributed by atoms with Gasteiger partial charge in [0.25, 0.3) is 0 Å². The van der Waals surface area contributed by atoms with Crippen molar-refractivity contribution >= 4 is 34.7 Å². The van der Waals surface area contributed by atoms with Crippen LogP contribution in [0.5, 0.6) is 0 Å². The normalized spacial score (nSPS) is 15.3. The third kappa shape index (κ3) is 6.20. The van der Waals surface area contributed by atoms with Crippen LogP contribution in [0.15, 0.2) is 28.7 Å². The smallest absolute Gasteiger partial charge is 0.333 e. The highest BCUT2D eigenvalue weighted by Gasteiger charge is 2.21. The Morgan fingerprint density at radius 1 is 1.17 bits per heavy atom. The summed E-state index contributed by atoms with van der Waals surface area (Å²) >= 11 is 3.03. The molecular weight excluding hydrogens is 412 g/mol. The monoisotopic (exact) mass is 438 g/mol. The molecule has 2 aromatic rings. The molecule has 7 nitrogen and oxygen atoms in total. The largest absolute Gasteiger partial charge is 0.500 e. The maximum absolute atomic E-state index is 11.5. The summed E-state index contributed by atoms with van der Waals surface area (Å²) in [4.78, 5) is 20.7. The summed E-state index contributed by atoms with van der Waals surface area (Å²) in [6.45, 7) is 3.92. The van der Waals surface area contributed by atoms with E-state index in [1.807, 2.05) is 36.8 Å². The zero-order valence-electron chi connectivity index (χ0n) is 17.1. The summed E-state index contributed by atoms with van der Waals surface area (Å²) in [5.74, 6) is -0.181. The Balaban J connectivity index is 2.13. The minimum Gasteiger partial charge on any atom is -0.500 e. The van der Waals surface area contributed by atoms with Crippen molar-refractivity contribution in [2.45, 2.75) is 25.9 Å². The highest BCUT2D eigenvalue weighted by atomic mass is 32.1. The zero-order chi connectivity index (χ0) is 21.4. The van der Waals surface area contributed by atoms with Crippen LogP contribution in [0.1, 0.15) is 30.5 Å². The number of hydrogen-bond donors (Lipinski definition) is 1. The molecule has 0 amide bonds. The van der Waals surface area contributed by atoms with Crippen LogP contribution in [0.4, 0.5) is 0 Å². The number of ether oxygens (including phenoxy) is 3. The number of carbonyl (C=O) groups is 1. The van der Waals surface area contributed by atoms with E-state index < -0.39 is 5.97 Å². The number of aliphatic hydroxyl groups is 1. The first-order chi connectivity index (χ1) is 13.9. The third-order valence-electron chi connectivity index (χ3n) is 4.33. The zero-order valence-corrected chi connectivity index (χ0v) is 18.8. The lowest BCUT2D eigenvalue weighted by Crippen LogP contribution is -2.21. The summed E-state index contributed by atoms with van der Waals surface area (Å²) in [6, 6.07) is 0. The van der Waals surface area contributed by atoms with E-state index in [9.17, 15) is 9.90 Å². The van der Waals surface area contributed by atoms with Crippen molar-refractivity contribution < 1.29 is 24.1 Å². The molecule has 3 unspecified atom stereocenters. The van der Waals surface area contributed by atoms with Crippen molar-refractivity contribution in [2.75, 3.05) is 27.9 Å². The molecule has 3 atom stereocenters. The molecule has 1 N–H and O–H groups in total. The first-order valence-electron chi connectivity index (χ1n) is 9.00. The Morgan fingerprint density at radius 2 is 1.93 bits per heavy atom. The molecule has 0 bridgehead atoms. The van der Waals surface area contributed by atoms with Gasteiger partial charge in [0.1, 0.15) is 16.5 Å². The lowest BCUT2D eigenvalue weighted by molar-refractivity contribution is -0.135. The molecule has 0 radical (unpaired) electrons. The molecule has 2 heterocycles. The molecule has 0 aliphatic rings. The predicted octanol–water partition coefficient (Wildman–Crippen LogP) is 3.73. The second-order valence-corrected chi connectivity index (χ2v) is 8.10. The van der Waals surface area contributed by atoms with Gasteiger partial charge in [-0.25, -0.2) is 14.8 Å². The Hall–Kier alpha value is -2.07. The van der Waals surface area contributed by atoms with Gasteiger partial charge in [0.05, 0.1) is 43.7 Å². The average molecular weight is 439 g/mol. The molecule has 0 aromatic carbocycles. The molecule has 0 aliphatic carbocycles. The van der Waals surface area contributed by atoms with Crippen LogP contribution in [0.3, 0.4) is 0 Å². The Labute approximate surface area is 178 Å². The lowest BCUT2D eigenvalue weighted by atomic mass is 10.0. The SMILES string of the molecule is COC(=O)C=C(OC)C(C)C(C=Cc1csc(-c2csc(C(C)CO)n2)n1)OC. The van der Waals surface area contributed by atoms with Crippen molar-refractivity contribution in [1.29, 1.82) is 0 Å². The number of rotatable bonds is 10. The van der Waals surface area contributed by atoms with E-state index >= 15 is 0 Å². The maximum Gasteiger partial charge on any atom is 0.333 e. The van der Waals surface area contributed by atoms with E-state index in [0.29, 0.717) is 5.76 Å². The first kappa shape index (κ1) is 23.2. The van der Waals surface area contributed by atoms with Crippen LogP contribution in [0.25, 0.3) is 16.8 Å². The molecule has 158 valence electrons. The summed E-state index contributed by atoms with van der Waals surface area (Å²) in [5, 5.41) is 14.9. The van der Waals surface area contributed by atoms with Crippen LogP contribution >= 0.6 is 22.7 Å². The van der Waals surface area contributed by atoms with Crippen molar-refractivity contribution in [3.05, 3.63) is 39.4 Å². The number of methoxy groups -OCH3 is 3. The van der Waals surface area contributed by atoms with E-state index in [4.69, 9.17) is 9.47 Å². The van der Waals surface area contributed by atoms with E-state index in [1.165, 1.54) is 43.0 Å². The standard InChI is InChI=1S/C20H26N2O5S2/c1-12(9-23)19-22-15(11-29-19)20-21-14(10-28-20)6-7-16(25-3)13(2)17(26-4)8-18(24)27-5/h6-8,10-13,16,23H,9H2,1-5H3. The van der Waals surface area contributed by atoms with Crippen molar-refractivity contribution in [1.82, 2.24) is 9.97 Å². The number of carbonyl (C=O) groups excluding carboxylic acids is 1. The quantitative estimate of drug-likeness (QED) is 0.343. The Kier molecular flexibility index (Phi) is 8.97. The highest BCUT2D eigenvalue weighted by molar-refractivity contribution is 7.14. The summed E-state index contributed by atoms with van der Waals surface area (Å²) < 4.78 is 15.5. The second kappa shape index (κ2) is 11.2. The van der Waals surface area contributed by atoms with Gasteiger partial charge in [-0.05, 0) is 6.08 Å². The molecular formula is C20H26N2O5S2. The predicted molar refractivity (Wildman–Crippen MR) is 115 cm³/mol. The van der Waals surface area contributed by atoms with Gasteiger partial charge in [0.2, 0.25) is 0 Å². The van der Waals surface area contributed by atoms with E-state index in [-0.39, 0.29) is 24.5 Å². The summed E-state index contributed by atoms with van der Waals surface area (Å²) in [7, 11) is 4.43. The first-order valence-corrected chi connectivity index (χ1v) is 10.8. The molecule has 2 aromatic heterocycles. The molecule has 2 rings (SSSR count). The maximum atomic E-state index is 11.5. The molecule has 0 aliphatic heterocycles. The molecule has 9 heteroatoms. The van der Waals surface area contributed by atoms with Crippen LogP contribution in [-0.4, -0.2) is 55.1 Å². The summed E-state index contributed by atoms with van der Waals surface area (Å²) in [6.07, 6.45) is 4.76. The number of aromatic nitrogens is 2. The molecule has 0 spiro atoms. The van der Waals surface area contributed by atoms with Gasteiger partial charge < -0.3 is 19.3 Å².